The van der Waals surface area contributed by atoms with Gasteiger partial charge in [-0.3, -0.25) is 4.79 Å². The van der Waals surface area contributed by atoms with E-state index < -0.39 is 0 Å². The summed E-state index contributed by atoms with van der Waals surface area (Å²) >= 11 is 0. The third-order valence-corrected chi connectivity index (χ3v) is 4.67. The summed E-state index contributed by atoms with van der Waals surface area (Å²) in [6.07, 6.45) is 3.33. The van der Waals surface area contributed by atoms with Crippen LogP contribution in [0, 0.1) is 0 Å². The highest BCUT2D eigenvalue weighted by molar-refractivity contribution is 5.85. The fraction of sp³-hybridized carbons (Fsp3) is 0.588. The summed E-state index contributed by atoms with van der Waals surface area (Å²) in [4.78, 5) is 12.5. The molecule has 2 unspecified atom stereocenters. The summed E-state index contributed by atoms with van der Waals surface area (Å²) in [7, 11) is 0. The Morgan fingerprint density at radius 1 is 1.27 bits per heavy atom. The number of hydrogen-bond donors (Lipinski definition) is 2. The maximum atomic E-state index is 12.5. The molecule has 22 heavy (non-hydrogen) atoms. The summed E-state index contributed by atoms with van der Waals surface area (Å²) in [5, 5.41) is 6.51. The fourth-order valence-corrected chi connectivity index (χ4v) is 3.53. The molecule has 3 rings (SSSR count). The molecule has 1 aromatic rings. The standard InChI is InChI=1S/C17H24N2O2.ClH/c1-12-16(18-10-11-21-12)17(20)19-15-9-5-8-14(15)13-6-3-2-4-7-13;/h2-4,6-7,12,14-16,18H,5,8-11H2,1H3,(H,19,20);1H/t12-,14?,15?,16+;/m1./s1. The molecular weight excluding hydrogens is 300 g/mol. The Bertz CT molecular complexity index is 483. The molecule has 1 amide bonds. The largest absolute Gasteiger partial charge is 0.375 e. The van der Waals surface area contributed by atoms with Crippen LogP contribution in [0.2, 0.25) is 0 Å². The molecular formula is C17H25ClN2O2. The van der Waals surface area contributed by atoms with Crippen molar-refractivity contribution in [3.05, 3.63) is 35.9 Å². The van der Waals surface area contributed by atoms with Crippen LogP contribution in [0.1, 0.15) is 37.7 Å². The molecule has 1 heterocycles. The third kappa shape index (κ3) is 3.80. The number of hydrogen-bond acceptors (Lipinski definition) is 3. The number of benzene rings is 1. The molecule has 2 fully saturated rings. The molecule has 1 aromatic carbocycles. The van der Waals surface area contributed by atoms with Gasteiger partial charge in [0.1, 0.15) is 6.04 Å². The zero-order chi connectivity index (χ0) is 14.7. The average Bonchev–Trinajstić information content (AvgIpc) is 2.96. The van der Waals surface area contributed by atoms with E-state index >= 15 is 0 Å². The predicted molar refractivity (Wildman–Crippen MR) is 89.4 cm³/mol. The number of halogens is 1. The third-order valence-electron chi connectivity index (χ3n) is 4.67. The first kappa shape index (κ1) is 17.3. The molecule has 1 aliphatic carbocycles. The molecule has 5 heteroatoms. The van der Waals surface area contributed by atoms with Crippen LogP contribution in [-0.2, 0) is 9.53 Å². The Labute approximate surface area is 138 Å². The van der Waals surface area contributed by atoms with E-state index in [4.69, 9.17) is 4.74 Å². The van der Waals surface area contributed by atoms with Gasteiger partial charge in [0, 0.05) is 18.5 Å². The number of carbonyl (C=O) groups excluding carboxylic acids is 1. The number of nitrogens with one attached hydrogen (secondary N) is 2. The quantitative estimate of drug-likeness (QED) is 0.896. The van der Waals surface area contributed by atoms with Crippen molar-refractivity contribution in [3.63, 3.8) is 0 Å². The van der Waals surface area contributed by atoms with Gasteiger partial charge in [-0.2, -0.15) is 0 Å². The predicted octanol–water partition coefficient (Wildman–Crippen LogP) is 2.24. The Morgan fingerprint density at radius 2 is 2.05 bits per heavy atom. The van der Waals surface area contributed by atoms with Crippen LogP contribution in [-0.4, -0.2) is 37.2 Å². The molecule has 4 nitrogen and oxygen atoms in total. The Balaban J connectivity index is 0.00000176. The van der Waals surface area contributed by atoms with E-state index in [1.165, 1.54) is 12.0 Å². The monoisotopic (exact) mass is 324 g/mol. The lowest BCUT2D eigenvalue weighted by Gasteiger charge is -2.31. The van der Waals surface area contributed by atoms with Crippen molar-refractivity contribution < 1.29 is 9.53 Å². The number of morpholine rings is 1. The van der Waals surface area contributed by atoms with Gasteiger partial charge < -0.3 is 15.4 Å². The number of rotatable bonds is 3. The SMILES string of the molecule is C[C@H]1OCCN[C@@H]1C(=O)NC1CCCC1c1ccccc1.Cl. The minimum Gasteiger partial charge on any atom is -0.375 e. The van der Waals surface area contributed by atoms with Gasteiger partial charge in [-0.25, -0.2) is 0 Å². The van der Waals surface area contributed by atoms with Gasteiger partial charge in [0.15, 0.2) is 0 Å². The zero-order valence-corrected chi connectivity index (χ0v) is 13.8. The first-order valence-corrected chi connectivity index (χ1v) is 7.96. The zero-order valence-electron chi connectivity index (χ0n) is 13.0. The molecule has 1 aliphatic heterocycles. The molecule has 2 aliphatic rings. The minimum atomic E-state index is -0.226. The smallest absolute Gasteiger partial charge is 0.240 e. The van der Waals surface area contributed by atoms with Crippen LogP contribution in [0.5, 0.6) is 0 Å². The van der Waals surface area contributed by atoms with Crippen molar-refractivity contribution in [2.24, 2.45) is 0 Å². The summed E-state index contributed by atoms with van der Waals surface area (Å²) in [5.41, 5.74) is 1.33. The van der Waals surface area contributed by atoms with Crippen molar-refractivity contribution in [2.75, 3.05) is 13.2 Å². The van der Waals surface area contributed by atoms with Crippen molar-refractivity contribution in [1.82, 2.24) is 10.6 Å². The fourth-order valence-electron chi connectivity index (χ4n) is 3.53. The lowest BCUT2D eigenvalue weighted by Crippen LogP contribution is -2.57. The van der Waals surface area contributed by atoms with Gasteiger partial charge in [0.25, 0.3) is 0 Å². The summed E-state index contributed by atoms with van der Waals surface area (Å²) < 4.78 is 5.56. The molecule has 0 radical (unpaired) electrons. The molecule has 4 atom stereocenters. The number of ether oxygens (including phenoxy) is 1. The maximum absolute atomic E-state index is 12.5. The van der Waals surface area contributed by atoms with Crippen molar-refractivity contribution >= 4 is 18.3 Å². The van der Waals surface area contributed by atoms with Gasteiger partial charge in [-0.15, -0.1) is 12.4 Å². The molecule has 122 valence electrons. The first-order valence-electron chi connectivity index (χ1n) is 7.96. The van der Waals surface area contributed by atoms with Gasteiger partial charge in [-0.1, -0.05) is 36.8 Å². The molecule has 0 aromatic heterocycles. The Morgan fingerprint density at radius 3 is 2.77 bits per heavy atom. The highest BCUT2D eigenvalue weighted by Crippen LogP contribution is 2.34. The molecule has 1 saturated carbocycles. The molecule has 1 saturated heterocycles. The van der Waals surface area contributed by atoms with Gasteiger partial charge in [0.05, 0.1) is 12.7 Å². The van der Waals surface area contributed by atoms with Gasteiger partial charge >= 0.3 is 0 Å². The topological polar surface area (TPSA) is 50.4 Å². The van der Waals surface area contributed by atoms with Crippen LogP contribution < -0.4 is 10.6 Å². The van der Waals surface area contributed by atoms with Crippen molar-refractivity contribution in [1.29, 1.82) is 0 Å². The number of amides is 1. The van der Waals surface area contributed by atoms with E-state index in [9.17, 15) is 4.79 Å². The second-order valence-corrected chi connectivity index (χ2v) is 6.07. The van der Waals surface area contributed by atoms with Gasteiger partial charge in [-0.05, 0) is 25.3 Å². The summed E-state index contributed by atoms with van der Waals surface area (Å²) in [6.45, 7) is 3.38. The van der Waals surface area contributed by atoms with E-state index in [0.717, 1.165) is 19.4 Å². The Hall–Kier alpha value is -1.10. The second-order valence-electron chi connectivity index (χ2n) is 6.07. The van der Waals surface area contributed by atoms with Crippen molar-refractivity contribution in [2.45, 2.75) is 50.3 Å². The lowest BCUT2D eigenvalue weighted by atomic mass is 9.94. The van der Waals surface area contributed by atoms with Crippen molar-refractivity contribution in [3.8, 4) is 0 Å². The number of carbonyl (C=O) groups is 1. The van der Waals surface area contributed by atoms with Crippen LogP contribution in [0.3, 0.4) is 0 Å². The van der Waals surface area contributed by atoms with Crippen LogP contribution in [0.4, 0.5) is 0 Å². The highest BCUT2D eigenvalue weighted by atomic mass is 35.5. The van der Waals surface area contributed by atoms with Crippen LogP contribution in [0.15, 0.2) is 30.3 Å². The van der Waals surface area contributed by atoms with E-state index in [1.54, 1.807) is 0 Å². The van der Waals surface area contributed by atoms with Crippen LogP contribution >= 0.6 is 12.4 Å². The minimum absolute atomic E-state index is 0. The maximum Gasteiger partial charge on any atom is 0.240 e. The average molecular weight is 325 g/mol. The van der Waals surface area contributed by atoms with E-state index in [-0.39, 0.29) is 36.5 Å². The summed E-state index contributed by atoms with van der Waals surface area (Å²) in [6, 6.07) is 10.5. The lowest BCUT2D eigenvalue weighted by molar-refractivity contribution is -0.129. The molecule has 0 bridgehead atoms. The summed E-state index contributed by atoms with van der Waals surface area (Å²) in [5.74, 6) is 0.519. The Kier molecular flexibility index (Phi) is 6.24. The second kappa shape index (κ2) is 7.95. The van der Waals surface area contributed by atoms with Crippen LogP contribution in [0.25, 0.3) is 0 Å². The van der Waals surface area contributed by atoms with E-state index in [1.807, 2.05) is 13.0 Å². The molecule has 2 N–H and O–H groups in total. The normalized spacial score (nSPS) is 31.3. The van der Waals surface area contributed by atoms with E-state index in [2.05, 4.69) is 34.9 Å². The van der Waals surface area contributed by atoms with Gasteiger partial charge in [0.2, 0.25) is 5.91 Å². The molecule has 0 spiro atoms. The highest BCUT2D eigenvalue weighted by Gasteiger charge is 2.34. The first-order chi connectivity index (χ1) is 10.3. The van der Waals surface area contributed by atoms with E-state index in [0.29, 0.717) is 12.5 Å².